The van der Waals surface area contributed by atoms with Gasteiger partial charge in [-0.2, -0.15) is 5.10 Å². The highest BCUT2D eigenvalue weighted by molar-refractivity contribution is 5.78. The van der Waals surface area contributed by atoms with E-state index in [1.807, 2.05) is 43.9 Å². The largest absolute Gasteiger partial charge is 0.335 e. The average molecular weight is 403 g/mol. The van der Waals surface area contributed by atoms with Crippen LogP contribution in [0.25, 0.3) is 0 Å². The number of anilines is 2. The van der Waals surface area contributed by atoms with Gasteiger partial charge in [0.1, 0.15) is 11.6 Å². The summed E-state index contributed by atoms with van der Waals surface area (Å²) in [5.41, 5.74) is 2.73. The molecule has 3 N–H and O–H groups in total. The molecule has 2 aliphatic rings. The summed E-state index contributed by atoms with van der Waals surface area (Å²) in [6.45, 7) is 6.41. The lowest BCUT2D eigenvalue weighted by atomic mass is 10.0. The lowest BCUT2D eigenvalue weighted by molar-refractivity contribution is 0.142. The van der Waals surface area contributed by atoms with Gasteiger partial charge in [0, 0.05) is 23.7 Å². The van der Waals surface area contributed by atoms with Crippen LogP contribution in [-0.4, -0.2) is 37.1 Å². The molecule has 154 valence electrons. The number of hydrogen-bond acceptors (Lipinski definition) is 5. The number of benzene rings is 1. The zero-order chi connectivity index (χ0) is 20.9. The monoisotopic (exact) mass is 403 g/mol. The summed E-state index contributed by atoms with van der Waals surface area (Å²) in [6, 6.07) is 12.3. The molecule has 8 heteroatoms. The van der Waals surface area contributed by atoms with Crippen molar-refractivity contribution in [2.45, 2.75) is 51.2 Å². The van der Waals surface area contributed by atoms with Crippen LogP contribution < -0.4 is 10.6 Å². The lowest BCUT2D eigenvalue weighted by Crippen LogP contribution is -2.47. The molecular weight excluding hydrogens is 378 g/mol. The van der Waals surface area contributed by atoms with E-state index in [0.29, 0.717) is 29.9 Å². The molecule has 1 aliphatic heterocycles. The number of nitrogens with one attached hydrogen (secondary N) is 3. The molecular formula is C22H25N7O. The van der Waals surface area contributed by atoms with Gasteiger partial charge in [-0.3, -0.25) is 5.10 Å². The number of urea groups is 1. The fourth-order valence-corrected chi connectivity index (χ4v) is 4.25. The number of carbonyl (C=O) groups excluding carboxylic acids is 1. The van der Waals surface area contributed by atoms with Crippen LogP contribution in [0.3, 0.4) is 0 Å². The molecule has 2 aromatic heterocycles. The lowest BCUT2D eigenvalue weighted by Gasteiger charge is -2.32. The van der Waals surface area contributed by atoms with E-state index in [-0.39, 0.29) is 12.1 Å². The first-order chi connectivity index (χ1) is 14.4. The number of fused-ring (bicyclic) bond motifs is 1. The Morgan fingerprint density at radius 3 is 2.80 bits per heavy atom. The second kappa shape index (κ2) is 6.83. The third-order valence-electron chi connectivity index (χ3n) is 6.06. The Balaban J connectivity index is 1.30. The molecule has 1 fully saturated rings. The molecule has 1 aromatic carbocycles. The van der Waals surface area contributed by atoms with Crippen molar-refractivity contribution < 1.29 is 4.79 Å². The van der Waals surface area contributed by atoms with E-state index in [9.17, 15) is 4.79 Å². The van der Waals surface area contributed by atoms with Crippen molar-refractivity contribution >= 4 is 17.7 Å². The van der Waals surface area contributed by atoms with Crippen molar-refractivity contribution in [1.29, 1.82) is 0 Å². The highest BCUT2D eigenvalue weighted by Gasteiger charge is 2.46. The van der Waals surface area contributed by atoms with Crippen LogP contribution in [0.4, 0.5) is 16.4 Å². The Morgan fingerprint density at radius 2 is 2.03 bits per heavy atom. The molecule has 0 saturated heterocycles. The number of aromatic amines is 1. The van der Waals surface area contributed by atoms with Crippen molar-refractivity contribution in [2.75, 3.05) is 5.32 Å². The van der Waals surface area contributed by atoms with Gasteiger partial charge in [0.15, 0.2) is 5.82 Å². The zero-order valence-electron chi connectivity index (χ0n) is 17.3. The Kier molecular flexibility index (Phi) is 4.23. The molecule has 3 heterocycles. The van der Waals surface area contributed by atoms with Gasteiger partial charge in [-0.05, 0) is 38.8 Å². The number of aromatic nitrogens is 4. The Bertz CT molecular complexity index is 1090. The van der Waals surface area contributed by atoms with Gasteiger partial charge in [-0.25, -0.2) is 14.8 Å². The van der Waals surface area contributed by atoms with Crippen molar-refractivity contribution in [2.24, 2.45) is 0 Å². The molecule has 2 atom stereocenters. The smallest absolute Gasteiger partial charge is 0.318 e. The maximum Gasteiger partial charge on any atom is 0.318 e. The summed E-state index contributed by atoms with van der Waals surface area (Å²) < 4.78 is 0. The van der Waals surface area contributed by atoms with Crippen LogP contribution >= 0.6 is 0 Å². The number of rotatable bonds is 4. The van der Waals surface area contributed by atoms with Gasteiger partial charge in [-0.1, -0.05) is 30.3 Å². The fraction of sp³-hybridized carbons (Fsp3) is 0.364. The van der Waals surface area contributed by atoms with Gasteiger partial charge in [-0.15, -0.1) is 0 Å². The number of H-pyrrole nitrogens is 1. The van der Waals surface area contributed by atoms with E-state index in [0.717, 1.165) is 17.7 Å². The summed E-state index contributed by atoms with van der Waals surface area (Å²) in [4.78, 5) is 23.5. The van der Waals surface area contributed by atoms with Crippen LogP contribution in [0.15, 0.2) is 42.6 Å². The number of carbonyl (C=O) groups is 1. The van der Waals surface area contributed by atoms with Crippen LogP contribution in [0, 0.1) is 6.92 Å². The van der Waals surface area contributed by atoms with Gasteiger partial charge in [0.2, 0.25) is 0 Å². The molecule has 1 aliphatic carbocycles. The molecule has 2 amide bonds. The predicted octanol–water partition coefficient (Wildman–Crippen LogP) is 3.57. The summed E-state index contributed by atoms with van der Waals surface area (Å²) in [5, 5.41) is 14.0. The van der Waals surface area contributed by atoms with Crippen LogP contribution in [-0.2, 0) is 12.1 Å². The minimum atomic E-state index is -0.481. The highest BCUT2D eigenvalue weighted by atomic mass is 16.2. The van der Waals surface area contributed by atoms with Gasteiger partial charge in [0.25, 0.3) is 0 Å². The summed E-state index contributed by atoms with van der Waals surface area (Å²) in [6.07, 6.45) is 2.69. The van der Waals surface area contributed by atoms with Crippen molar-refractivity contribution in [3.05, 3.63) is 65.2 Å². The number of amides is 2. The average Bonchev–Trinajstić information content (AvgIpc) is 3.27. The highest BCUT2D eigenvalue weighted by Crippen LogP contribution is 2.43. The minimum Gasteiger partial charge on any atom is -0.335 e. The number of nitrogens with zero attached hydrogens (tertiary/aromatic N) is 4. The normalized spacial score (nSPS) is 21.2. The molecule has 0 radical (unpaired) electrons. The van der Waals surface area contributed by atoms with Crippen molar-refractivity contribution in [1.82, 2.24) is 30.4 Å². The van der Waals surface area contributed by atoms with Crippen LogP contribution in [0.2, 0.25) is 0 Å². The second-order valence-corrected chi connectivity index (χ2v) is 8.49. The summed E-state index contributed by atoms with van der Waals surface area (Å²) in [7, 11) is 0. The third kappa shape index (κ3) is 3.18. The Hall–Kier alpha value is -3.42. The SMILES string of the molecule is Cc1nccc(Nc2n[nH]c3c2CN(C(=O)NC2CC2c2ccccc2)C3(C)C)n1. The number of hydrogen-bond donors (Lipinski definition) is 3. The quantitative estimate of drug-likeness (QED) is 0.619. The zero-order valence-corrected chi connectivity index (χ0v) is 17.3. The first kappa shape index (κ1) is 18.6. The number of aryl methyl sites for hydroxylation is 1. The van der Waals surface area contributed by atoms with Gasteiger partial charge < -0.3 is 15.5 Å². The van der Waals surface area contributed by atoms with E-state index in [1.165, 1.54) is 5.56 Å². The summed E-state index contributed by atoms with van der Waals surface area (Å²) in [5.74, 6) is 2.46. The molecule has 3 aromatic rings. The van der Waals surface area contributed by atoms with E-state index in [4.69, 9.17) is 0 Å². The van der Waals surface area contributed by atoms with E-state index in [1.54, 1.807) is 12.3 Å². The Morgan fingerprint density at radius 1 is 1.23 bits per heavy atom. The van der Waals surface area contributed by atoms with Crippen LogP contribution in [0.1, 0.15) is 48.8 Å². The van der Waals surface area contributed by atoms with E-state index >= 15 is 0 Å². The van der Waals surface area contributed by atoms with Crippen LogP contribution in [0.5, 0.6) is 0 Å². The Labute approximate surface area is 175 Å². The van der Waals surface area contributed by atoms with Crippen molar-refractivity contribution in [3.8, 4) is 0 Å². The maximum absolute atomic E-state index is 13.1. The first-order valence-electron chi connectivity index (χ1n) is 10.2. The maximum atomic E-state index is 13.1. The topological polar surface area (TPSA) is 98.8 Å². The molecule has 5 rings (SSSR count). The van der Waals surface area contributed by atoms with E-state index in [2.05, 4.69) is 42.9 Å². The van der Waals surface area contributed by atoms with Crippen molar-refractivity contribution in [3.63, 3.8) is 0 Å². The molecule has 1 saturated carbocycles. The standard InChI is InChI=1S/C22H25N7O/c1-13-23-10-9-18(24-13)26-20-16-12-29(22(2,3)19(16)27-28-20)21(30)25-17-11-15(17)14-7-5-4-6-8-14/h4-10,15,17H,11-12H2,1-3H3,(H,25,30)(H2,23,24,26,27,28). The molecule has 30 heavy (non-hydrogen) atoms. The molecule has 0 spiro atoms. The van der Waals surface area contributed by atoms with Gasteiger partial charge in [0.05, 0.1) is 17.8 Å². The summed E-state index contributed by atoms with van der Waals surface area (Å²) >= 11 is 0. The molecule has 0 bridgehead atoms. The predicted molar refractivity (Wildman–Crippen MR) is 113 cm³/mol. The van der Waals surface area contributed by atoms with Gasteiger partial charge >= 0.3 is 6.03 Å². The third-order valence-corrected chi connectivity index (χ3v) is 6.06. The van der Waals surface area contributed by atoms with E-state index < -0.39 is 5.54 Å². The first-order valence-corrected chi connectivity index (χ1v) is 10.2. The fourth-order valence-electron chi connectivity index (χ4n) is 4.25. The second-order valence-electron chi connectivity index (χ2n) is 8.49. The molecule has 8 nitrogen and oxygen atoms in total. The molecule has 2 unspecified atom stereocenters. The minimum absolute atomic E-state index is 0.0446.